The molecule has 1 aromatic heterocycles. The predicted octanol–water partition coefficient (Wildman–Crippen LogP) is 2.42. The number of amides is 3. The van der Waals surface area contributed by atoms with Crippen LogP contribution in [0.15, 0.2) is 36.4 Å². The second-order valence-corrected chi connectivity index (χ2v) is 8.44. The van der Waals surface area contributed by atoms with Crippen LogP contribution in [0.2, 0.25) is 0 Å². The summed E-state index contributed by atoms with van der Waals surface area (Å²) in [6.07, 6.45) is 7.73. The number of hydrogen-bond donors (Lipinski definition) is 2. The topological polar surface area (TPSA) is 95.2 Å². The van der Waals surface area contributed by atoms with Gasteiger partial charge in [-0.2, -0.15) is 11.8 Å². The second kappa shape index (κ2) is 8.41. The standard InChI is InChI=1S/C21H24N4O3S/c1-29-11-10-17(19-23-15-8-4-5-9-16(15)24-19)22-18(26)12-25-20(27)13-6-2-3-7-14(13)21(25)28/h2-5,8-9,13-14,17H,6-7,10-12H2,1H3,(H,22,26)(H,23,24)/t13-,14-,17+/m1/s1. The lowest BCUT2D eigenvalue weighted by Gasteiger charge is -2.19. The van der Waals surface area contributed by atoms with Gasteiger partial charge in [0.1, 0.15) is 12.4 Å². The molecule has 1 aliphatic carbocycles. The molecule has 1 aliphatic heterocycles. The number of aromatic nitrogens is 2. The van der Waals surface area contributed by atoms with Crippen LogP contribution in [0.5, 0.6) is 0 Å². The third-order valence-corrected chi connectivity index (χ3v) is 6.23. The third kappa shape index (κ3) is 3.94. The second-order valence-electron chi connectivity index (χ2n) is 7.46. The van der Waals surface area contributed by atoms with E-state index >= 15 is 0 Å². The Kier molecular flexibility index (Phi) is 5.71. The van der Waals surface area contributed by atoms with E-state index in [0.717, 1.165) is 21.7 Å². The summed E-state index contributed by atoms with van der Waals surface area (Å²) in [6.45, 7) is -0.235. The van der Waals surface area contributed by atoms with Gasteiger partial charge in [0.2, 0.25) is 17.7 Å². The zero-order valence-electron chi connectivity index (χ0n) is 16.3. The number of nitrogens with one attached hydrogen (secondary N) is 2. The Hall–Kier alpha value is -2.61. The minimum atomic E-state index is -0.343. The van der Waals surface area contributed by atoms with Crippen molar-refractivity contribution in [1.82, 2.24) is 20.2 Å². The maximum Gasteiger partial charge on any atom is 0.240 e. The summed E-state index contributed by atoms with van der Waals surface area (Å²) in [5.41, 5.74) is 1.75. The molecule has 29 heavy (non-hydrogen) atoms. The molecule has 2 aliphatic rings. The van der Waals surface area contributed by atoms with E-state index in [1.165, 1.54) is 0 Å². The molecule has 1 saturated heterocycles. The number of carbonyl (C=O) groups is 3. The number of imidazole rings is 1. The van der Waals surface area contributed by atoms with Crippen LogP contribution < -0.4 is 5.32 Å². The number of hydrogen-bond acceptors (Lipinski definition) is 5. The van der Waals surface area contributed by atoms with Crippen molar-refractivity contribution in [3.8, 4) is 0 Å². The summed E-state index contributed by atoms with van der Waals surface area (Å²) in [5.74, 6) is 0.0912. The van der Waals surface area contributed by atoms with Gasteiger partial charge in [0.05, 0.1) is 28.9 Å². The number of nitrogens with zero attached hydrogens (tertiary/aromatic N) is 2. The smallest absolute Gasteiger partial charge is 0.240 e. The number of imide groups is 1. The highest BCUT2D eigenvalue weighted by atomic mass is 32.2. The Bertz CT molecular complexity index is 911. The van der Waals surface area contributed by atoms with Crippen molar-refractivity contribution in [2.75, 3.05) is 18.6 Å². The molecular formula is C21H24N4O3S. The number of allylic oxidation sites excluding steroid dienone is 2. The fourth-order valence-corrected chi connectivity index (χ4v) is 4.53. The summed E-state index contributed by atoms with van der Waals surface area (Å²) in [7, 11) is 0. The molecule has 3 amide bonds. The van der Waals surface area contributed by atoms with E-state index in [-0.39, 0.29) is 42.1 Å². The number of carbonyl (C=O) groups excluding carboxylic acids is 3. The first-order valence-electron chi connectivity index (χ1n) is 9.81. The molecule has 0 radical (unpaired) electrons. The van der Waals surface area contributed by atoms with Crippen molar-refractivity contribution in [3.05, 3.63) is 42.2 Å². The van der Waals surface area contributed by atoms with E-state index < -0.39 is 0 Å². The minimum Gasteiger partial charge on any atom is -0.345 e. The molecule has 0 saturated carbocycles. The number of thioether (sulfide) groups is 1. The number of benzene rings is 1. The Balaban J connectivity index is 1.47. The Morgan fingerprint density at radius 1 is 1.24 bits per heavy atom. The molecule has 7 nitrogen and oxygen atoms in total. The maximum atomic E-state index is 12.7. The number of para-hydroxylation sites is 2. The van der Waals surface area contributed by atoms with Crippen LogP contribution in [-0.2, 0) is 14.4 Å². The summed E-state index contributed by atoms with van der Waals surface area (Å²) >= 11 is 1.69. The quantitative estimate of drug-likeness (QED) is 0.538. The van der Waals surface area contributed by atoms with E-state index in [1.54, 1.807) is 11.8 Å². The van der Waals surface area contributed by atoms with Gasteiger partial charge < -0.3 is 10.3 Å². The molecule has 0 spiro atoms. The highest BCUT2D eigenvalue weighted by Crippen LogP contribution is 2.34. The van der Waals surface area contributed by atoms with Crippen LogP contribution in [0, 0.1) is 11.8 Å². The first kappa shape index (κ1) is 19.7. The van der Waals surface area contributed by atoms with Crippen molar-refractivity contribution in [3.63, 3.8) is 0 Å². The molecule has 2 heterocycles. The van der Waals surface area contributed by atoms with Gasteiger partial charge in [0.25, 0.3) is 0 Å². The molecule has 1 aromatic carbocycles. The summed E-state index contributed by atoms with van der Waals surface area (Å²) in [4.78, 5) is 46.9. The first-order valence-corrected chi connectivity index (χ1v) is 11.2. The normalized spacial score (nSPS) is 22.2. The molecule has 0 bridgehead atoms. The largest absolute Gasteiger partial charge is 0.345 e. The van der Waals surface area contributed by atoms with Crippen LogP contribution in [0.4, 0.5) is 0 Å². The van der Waals surface area contributed by atoms with Gasteiger partial charge in [-0.15, -0.1) is 0 Å². The average Bonchev–Trinajstić information content (AvgIpc) is 3.27. The van der Waals surface area contributed by atoms with E-state index in [2.05, 4.69) is 15.3 Å². The Morgan fingerprint density at radius 2 is 1.93 bits per heavy atom. The number of rotatable bonds is 7. The highest BCUT2D eigenvalue weighted by molar-refractivity contribution is 7.98. The highest BCUT2D eigenvalue weighted by Gasteiger charge is 2.47. The average molecular weight is 413 g/mol. The van der Waals surface area contributed by atoms with Crippen molar-refractivity contribution in [1.29, 1.82) is 0 Å². The van der Waals surface area contributed by atoms with Gasteiger partial charge in [-0.05, 0) is 43.4 Å². The van der Waals surface area contributed by atoms with Crippen molar-refractivity contribution in [2.45, 2.75) is 25.3 Å². The number of fused-ring (bicyclic) bond motifs is 2. The number of H-pyrrole nitrogens is 1. The number of aromatic amines is 1. The molecule has 1 fully saturated rings. The SMILES string of the molecule is CSCC[C@H](NC(=O)CN1C(=O)[C@@H]2CC=CC[C@H]2C1=O)c1nc2ccccc2[nH]1. The zero-order chi connectivity index (χ0) is 20.4. The van der Waals surface area contributed by atoms with Crippen molar-refractivity contribution in [2.24, 2.45) is 11.8 Å². The first-order chi connectivity index (χ1) is 14.1. The summed E-state index contributed by atoms with van der Waals surface area (Å²) in [6, 6.07) is 7.40. The molecule has 152 valence electrons. The predicted molar refractivity (Wildman–Crippen MR) is 112 cm³/mol. The molecule has 2 aromatic rings. The third-order valence-electron chi connectivity index (χ3n) is 5.58. The summed E-state index contributed by atoms with van der Waals surface area (Å²) < 4.78 is 0. The Labute approximate surface area is 173 Å². The van der Waals surface area contributed by atoms with Gasteiger partial charge >= 0.3 is 0 Å². The van der Waals surface area contributed by atoms with E-state index in [1.807, 2.05) is 42.7 Å². The molecule has 8 heteroatoms. The van der Waals surface area contributed by atoms with Gasteiger partial charge in [-0.25, -0.2) is 4.98 Å². The lowest BCUT2D eigenvalue weighted by molar-refractivity contribution is -0.143. The maximum absolute atomic E-state index is 12.7. The zero-order valence-corrected chi connectivity index (χ0v) is 17.1. The van der Waals surface area contributed by atoms with Gasteiger partial charge in [0.15, 0.2) is 0 Å². The van der Waals surface area contributed by atoms with Crippen LogP contribution in [-0.4, -0.2) is 51.1 Å². The van der Waals surface area contributed by atoms with Crippen LogP contribution in [0.3, 0.4) is 0 Å². The summed E-state index contributed by atoms with van der Waals surface area (Å²) in [5, 5.41) is 2.97. The molecule has 4 rings (SSSR count). The lowest BCUT2D eigenvalue weighted by atomic mass is 9.85. The fourth-order valence-electron chi connectivity index (χ4n) is 4.06. The lowest BCUT2D eigenvalue weighted by Crippen LogP contribution is -2.42. The van der Waals surface area contributed by atoms with Crippen LogP contribution >= 0.6 is 11.8 Å². The van der Waals surface area contributed by atoms with E-state index in [9.17, 15) is 14.4 Å². The van der Waals surface area contributed by atoms with Crippen molar-refractivity contribution >= 4 is 40.5 Å². The molecular weight excluding hydrogens is 388 g/mol. The van der Waals surface area contributed by atoms with Crippen LogP contribution in [0.1, 0.15) is 31.1 Å². The fraction of sp³-hybridized carbons (Fsp3) is 0.429. The molecule has 3 atom stereocenters. The van der Waals surface area contributed by atoms with Gasteiger partial charge in [-0.3, -0.25) is 19.3 Å². The Morgan fingerprint density at radius 3 is 2.59 bits per heavy atom. The van der Waals surface area contributed by atoms with E-state index in [0.29, 0.717) is 25.1 Å². The number of likely N-dealkylation sites (tertiary alicyclic amines) is 1. The van der Waals surface area contributed by atoms with Crippen LogP contribution in [0.25, 0.3) is 11.0 Å². The molecule has 0 unspecified atom stereocenters. The van der Waals surface area contributed by atoms with Gasteiger partial charge in [-0.1, -0.05) is 24.3 Å². The van der Waals surface area contributed by atoms with E-state index in [4.69, 9.17) is 0 Å². The monoisotopic (exact) mass is 412 g/mol. The van der Waals surface area contributed by atoms with Gasteiger partial charge in [0, 0.05) is 0 Å². The molecule has 2 N–H and O–H groups in total. The minimum absolute atomic E-state index is 0.232. The van der Waals surface area contributed by atoms with Crippen molar-refractivity contribution < 1.29 is 14.4 Å².